The summed E-state index contributed by atoms with van der Waals surface area (Å²) < 4.78 is 16.4. The van der Waals surface area contributed by atoms with Crippen molar-refractivity contribution in [3.8, 4) is 17.2 Å². The summed E-state index contributed by atoms with van der Waals surface area (Å²) in [7, 11) is 4.90. The highest BCUT2D eigenvalue weighted by molar-refractivity contribution is 6.02. The summed E-state index contributed by atoms with van der Waals surface area (Å²) >= 11 is 0. The predicted molar refractivity (Wildman–Crippen MR) is 129 cm³/mol. The normalized spacial score (nSPS) is 16.1. The molecule has 1 unspecified atom stereocenters. The zero-order valence-corrected chi connectivity index (χ0v) is 19.8. The Morgan fingerprint density at radius 3 is 2.47 bits per heavy atom. The molecular formula is C27H35NO4. The highest BCUT2D eigenvalue weighted by atomic mass is 16.5. The number of ketones is 1. The molecule has 32 heavy (non-hydrogen) atoms. The van der Waals surface area contributed by atoms with Crippen LogP contribution in [0, 0.1) is 0 Å². The van der Waals surface area contributed by atoms with E-state index in [-0.39, 0.29) is 11.8 Å². The first kappa shape index (κ1) is 23.8. The molecule has 5 nitrogen and oxygen atoms in total. The van der Waals surface area contributed by atoms with Crippen molar-refractivity contribution in [3.05, 3.63) is 53.1 Å². The van der Waals surface area contributed by atoms with Gasteiger partial charge in [-0.1, -0.05) is 25.8 Å². The molecule has 2 aromatic rings. The second kappa shape index (κ2) is 11.7. The van der Waals surface area contributed by atoms with Gasteiger partial charge in [-0.25, -0.2) is 0 Å². The molecule has 0 bridgehead atoms. The number of rotatable bonds is 10. The average Bonchev–Trinajstić information content (AvgIpc) is 3.07. The molecule has 0 saturated carbocycles. The van der Waals surface area contributed by atoms with Gasteiger partial charge < -0.3 is 14.2 Å². The molecule has 0 fully saturated rings. The third-order valence-corrected chi connectivity index (χ3v) is 6.06. The Morgan fingerprint density at radius 2 is 1.75 bits per heavy atom. The van der Waals surface area contributed by atoms with Crippen LogP contribution in [0.25, 0.3) is 0 Å². The van der Waals surface area contributed by atoms with Crippen molar-refractivity contribution in [3.63, 3.8) is 0 Å². The van der Waals surface area contributed by atoms with Gasteiger partial charge in [-0.3, -0.25) is 9.79 Å². The second-order valence-corrected chi connectivity index (χ2v) is 8.31. The minimum Gasteiger partial charge on any atom is -0.496 e. The number of ether oxygens (including phenoxy) is 3. The largest absolute Gasteiger partial charge is 0.496 e. The SMILES string of the molecule is CCCCc1ccc(C(=O)CC2CCCCC(c3ccc(OC)c(OC)c3)=N2)c(OC)c1. The lowest BCUT2D eigenvalue weighted by Crippen LogP contribution is -2.14. The zero-order valence-electron chi connectivity index (χ0n) is 19.8. The highest BCUT2D eigenvalue weighted by Gasteiger charge is 2.21. The van der Waals surface area contributed by atoms with E-state index in [1.54, 1.807) is 21.3 Å². The van der Waals surface area contributed by atoms with Gasteiger partial charge in [0.2, 0.25) is 0 Å². The number of nitrogens with zero attached hydrogens (tertiary/aromatic N) is 1. The first-order chi connectivity index (χ1) is 15.6. The van der Waals surface area contributed by atoms with E-state index in [1.165, 1.54) is 5.56 Å². The van der Waals surface area contributed by atoms with E-state index in [0.717, 1.165) is 56.2 Å². The van der Waals surface area contributed by atoms with Gasteiger partial charge in [-0.05, 0) is 73.6 Å². The van der Waals surface area contributed by atoms with Crippen molar-refractivity contribution >= 4 is 11.5 Å². The number of benzene rings is 2. The van der Waals surface area contributed by atoms with Crippen LogP contribution in [0.1, 0.15) is 73.4 Å². The molecule has 0 N–H and O–H groups in total. The Bertz CT molecular complexity index is 951. The van der Waals surface area contributed by atoms with Crippen LogP contribution < -0.4 is 14.2 Å². The Balaban J connectivity index is 1.79. The van der Waals surface area contributed by atoms with Gasteiger partial charge in [0.25, 0.3) is 0 Å². The van der Waals surface area contributed by atoms with Crippen molar-refractivity contribution in [2.45, 2.75) is 64.3 Å². The van der Waals surface area contributed by atoms with Crippen LogP contribution in [0.3, 0.4) is 0 Å². The summed E-state index contributed by atoms with van der Waals surface area (Å²) in [5, 5.41) is 0. The van der Waals surface area contributed by atoms with Crippen LogP contribution in [-0.2, 0) is 6.42 Å². The number of carbonyl (C=O) groups excluding carboxylic acids is 1. The van der Waals surface area contributed by atoms with E-state index in [0.29, 0.717) is 29.2 Å². The molecule has 172 valence electrons. The quantitative estimate of drug-likeness (QED) is 0.424. The van der Waals surface area contributed by atoms with Crippen molar-refractivity contribution < 1.29 is 19.0 Å². The highest BCUT2D eigenvalue weighted by Crippen LogP contribution is 2.30. The van der Waals surface area contributed by atoms with Crippen LogP contribution in [0.4, 0.5) is 0 Å². The molecule has 0 amide bonds. The number of methoxy groups -OCH3 is 3. The average molecular weight is 438 g/mol. The van der Waals surface area contributed by atoms with E-state index in [4.69, 9.17) is 19.2 Å². The van der Waals surface area contributed by atoms with Crippen LogP contribution in [0.2, 0.25) is 0 Å². The molecule has 0 aliphatic carbocycles. The third-order valence-electron chi connectivity index (χ3n) is 6.06. The fourth-order valence-corrected chi connectivity index (χ4v) is 4.23. The number of aryl methyl sites for hydroxylation is 1. The smallest absolute Gasteiger partial charge is 0.168 e. The molecule has 3 rings (SSSR count). The second-order valence-electron chi connectivity index (χ2n) is 8.31. The Labute approximate surface area is 191 Å². The maximum Gasteiger partial charge on any atom is 0.168 e. The van der Waals surface area contributed by atoms with Crippen LogP contribution in [-0.4, -0.2) is 38.9 Å². The standard InChI is InChI=1S/C27H35NO4/c1-5-6-9-19-12-14-22(26(16-19)31-3)24(29)18-21-10-7-8-11-23(28-21)20-13-15-25(30-2)27(17-20)32-4/h12-17,21H,5-11,18H2,1-4H3. The van der Waals surface area contributed by atoms with Gasteiger partial charge in [-0.15, -0.1) is 0 Å². The molecule has 0 saturated heterocycles. The number of hydrogen-bond acceptors (Lipinski definition) is 5. The molecular weight excluding hydrogens is 402 g/mol. The van der Waals surface area contributed by atoms with Crippen LogP contribution >= 0.6 is 0 Å². The Hall–Kier alpha value is -2.82. The number of unbranched alkanes of at least 4 members (excludes halogenated alkanes) is 1. The number of hydrogen-bond donors (Lipinski definition) is 0. The van der Waals surface area contributed by atoms with E-state index < -0.39 is 0 Å². The monoisotopic (exact) mass is 437 g/mol. The van der Waals surface area contributed by atoms with E-state index in [1.807, 2.05) is 30.3 Å². The molecule has 2 aromatic carbocycles. The summed E-state index contributed by atoms with van der Waals surface area (Å²) in [5.41, 5.74) is 3.92. The van der Waals surface area contributed by atoms with Gasteiger partial charge in [0.05, 0.1) is 32.9 Å². The lowest BCUT2D eigenvalue weighted by Gasteiger charge is -2.15. The van der Waals surface area contributed by atoms with Gasteiger partial charge in [0.15, 0.2) is 17.3 Å². The molecule has 1 aliphatic rings. The van der Waals surface area contributed by atoms with Crippen molar-refractivity contribution in [2.24, 2.45) is 4.99 Å². The van der Waals surface area contributed by atoms with E-state index in [2.05, 4.69) is 13.0 Å². The fraction of sp³-hybridized carbons (Fsp3) is 0.481. The molecule has 1 aliphatic heterocycles. The summed E-state index contributed by atoms with van der Waals surface area (Å²) in [5.74, 6) is 2.15. The molecule has 0 radical (unpaired) electrons. The minimum absolute atomic E-state index is 0.0300. The predicted octanol–water partition coefficient (Wildman–Crippen LogP) is 6.06. The molecule has 0 aromatic heterocycles. The molecule has 0 spiro atoms. The van der Waals surface area contributed by atoms with Crippen molar-refractivity contribution in [1.82, 2.24) is 0 Å². The number of carbonyl (C=O) groups is 1. The number of Topliss-reactive ketones (excluding diaryl/α,β-unsaturated/α-hetero) is 1. The van der Waals surface area contributed by atoms with E-state index >= 15 is 0 Å². The zero-order chi connectivity index (χ0) is 22.9. The Morgan fingerprint density at radius 1 is 0.969 bits per heavy atom. The van der Waals surface area contributed by atoms with E-state index in [9.17, 15) is 4.79 Å². The lowest BCUT2D eigenvalue weighted by molar-refractivity contribution is 0.0970. The molecule has 1 heterocycles. The third kappa shape index (κ3) is 5.90. The Kier molecular flexibility index (Phi) is 8.72. The summed E-state index contributed by atoms with van der Waals surface area (Å²) in [6.45, 7) is 2.18. The number of aliphatic imine (C=N–C) groups is 1. The molecule has 5 heteroatoms. The maximum absolute atomic E-state index is 13.2. The first-order valence-electron chi connectivity index (χ1n) is 11.6. The summed E-state index contributed by atoms with van der Waals surface area (Å²) in [6.07, 6.45) is 7.61. The van der Waals surface area contributed by atoms with Crippen molar-refractivity contribution in [1.29, 1.82) is 0 Å². The minimum atomic E-state index is -0.0300. The van der Waals surface area contributed by atoms with Crippen LogP contribution in [0.5, 0.6) is 17.2 Å². The molecule has 1 atom stereocenters. The van der Waals surface area contributed by atoms with Gasteiger partial charge in [0, 0.05) is 12.1 Å². The summed E-state index contributed by atoms with van der Waals surface area (Å²) in [4.78, 5) is 18.2. The van der Waals surface area contributed by atoms with Gasteiger partial charge >= 0.3 is 0 Å². The fourth-order valence-electron chi connectivity index (χ4n) is 4.23. The maximum atomic E-state index is 13.2. The van der Waals surface area contributed by atoms with Crippen molar-refractivity contribution in [2.75, 3.05) is 21.3 Å². The topological polar surface area (TPSA) is 57.1 Å². The lowest BCUT2D eigenvalue weighted by atomic mass is 9.98. The van der Waals surface area contributed by atoms with Crippen LogP contribution in [0.15, 0.2) is 41.4 Å². The van der Waals surface area contributed by atoms with Gasteiger partial charge in [0.1, 0.15) is 5.75 Å². The first-order valence-corrected chi connectivity index (χ1v) is 11.6. The van der Waals surface area contributed by atoms with Gasteiger partial charge in [-0.2, -0.15) is 0 Å². The summed E-state index contributed by atoms with van der Waals surface area (Å²) in [6, 6.07) is 11.8.